The Morgan fingerprint density at radius 3 is 2.88 bits per heavy atom. The van der Waals surface area contributed by atoms with E-state index in [1.807, 2.05) is 0 Å². The van der Waals surface area contributed by atoms with Crippen LogP contribution in [0.5, 0.6) is 0 Å². The van der Waals surface area contributed by atoms with Crippen molar-refractivity contribution >= 4 is 10.9 Å². The average molecular weight is 214 g/mol. The summed E-state index contributed by atoms with van der Waals surface area (Å²) in [4.78, 5) is 0. The highest BCUT2D eigenvalue weighted by atomic mass is 15.0. The predicted molar refractivity (Wildman–Crippen MR) is 67.9 cm³/mol. The molecule has 1 aromatic carbocycles. The molecule has 1 heterocycles. The lowest BCUT2D eigenvalue weighted by Crippen LogP contribution is -2.25. The zero-order chi connectivity index (χ0) is 11.3. The largest absolute Gasteiger partial charge is 0.347 e. The highest BCUT2D eigenvalue weighted by Crippen LogP contribution is 2.32. The molecule has 2 nitrogen and oxygen atoms in total. The van der Waals surface area contributed by atoms with Crippen LogP contribution >= 0.6 is 0 Å². The SMILES string of the molecule is CNC1Cc2c(n(C)c3ccc(C)cc23)C1. The van der Waals surface area contributed by atoms with Gasteiger partial charge in [0.2, 0.25) is 0 Å². The van der Waals surface area contributed by atoms with Crippen LogP contribution in [0.15, 0.2) is 18.2 Å². The van der Waals surface area contributed by atoms with E-state index in [0.717, 1.165) is 6.42 Å². The van der Waals surface area contributed by atoms with E-state index in [4.69, 9.17) is 0 Å². The van der Waals surface area contributed by atoms with E-state index in [1.165, 1.54) is 28.6 Å². The zero-order valence-electron chi connectivity index (χ0n) is 10.2. The fourth-order valence-electron chi connectivity index (χ4n) is 2.93. The number of hydrogen-bond donors (Lipinski definition) is 1. The van der Waals surface area contributed by atoms with Gasteiger partial charge in [-0.2, -0.15) is 0 Å². The van der Waals surface area contributed by atoms with Crippen molar-refractivity contribution in [2.75, 3.05) is 7.05 Å². The summed E-state index contributed by atoms with van der Waals surface area (Å²) in [7, 11) is 4.25. The van der Waals surface area contributed by atoms with Gasteiger partial charge in [0, 0.05) is 36.1 Å². The van der Waals surface area contributed by atoms with Crippen LogP contribution in [0.3, 0.4) is 0 Å². The van der Waals surface area contributed by atoms with Crippen LogP contribution in [0, 0.1) is 6.92 Å². The summed E-state index contributed by atoms with van der Waals surface area (Å²) in [5.74, 6) is 0. The van der Waals surface area contributed by atoms with Gasteiger partial charge in [0.15, 0.2) is 0 Å². The van der Waals surface area contributed by atoms with E-state index in [0.29, 0.717) is 6.04 Å². The van der Waals surface area contributed by atoms with Crippen molar-refractivity contribution in [2.24, 2.45) is 7.05 Å². The van der Waals surface area contributed by atoms with Gasteiger partial charge in [-0.15, -0.1) is 0 Å². The summed E-state index contributed by atoms with van der Waals surface area (Å²) in [5, 5.41) is 4.84. The molecule has 0 amide bonds. The van der Waals surface area contributed by atoms with Crippen LogP contribution in [-0.2, 0) is 19.9 Å². The van der Waals surface area contributed by atoms with E-state index < -0.39 is 0 Å². The number of benzene rings is 1. The molecule has 1 aliphatic carbocycles. The molecule has 3 rings (SSSR count). The van der Waals surface area contributed by atoms with Gasteiger partial charge >= 0.3 is 0 Å². The maximum atomic E-state index is 3.39. The third-order valence-corrected chi connectivity index (χ3v) is 3.89. The molecule has 16 heavy (non-hydrogen) atoms. The molecule has 0 saturated heterocycles. The van der Waals surface area contributed by atoms with Gasteiger partial charge in [-0.1, -0.05) is 11.6 Å². The van der Waals surface area contributed by atoms with Crippen LogP contribution in [0.25, 0.3) is 10.9 Å². The first-order valence-corrected chi connectivity index (χ1v) is 5.94. The lowest BCUT2D eigenvalue weighted by Gasteiger charge is -2.08. The normalized spacial score (nSPS) is 19.3. The van der Waals surface area contributed by atoms with Gasteiger partial charge in [0.05, 0.1) is 0 Å². The van der Waals surface area contributed by atoms with Gasteiger partial charge in [-0.3, -0.25) is 0 Å². The van der Waals surface area contributed by atoms with E-state index in [2.05, 4.69) is 49.1 Å². The number of fused-ring (bicyclic) bond motifs is 3. The van der Waals surface area contributed by atoms with Crippen molar-refractivity contribution in [3.8, 4) is 0 Å². The van der Waals surface area contributed by atoms with Gasteiger partial charge in [0.25, 0.3) is 0 Å². The molecule has 1 N–H and O–H groups in total. The van der Waals surface area contributed by atoms with Crippen LogP contribution < -0.4 is 5.32 Å². The molecule has 1 atom stereocenters. The molecular formula is C14H18N2. The zero-order valence-corrected chi connectivity index (χ0v) is 10.2. The molecular weight excluding hydrogens is 196 g/mol. The second kappa shape index (κ2) is 3.36. The molecule has 0 radical (unpaired) electrons. The molecule has 1 unspecified atom stereocenters. The smallest absolute Gasteiger partial charge is 0.0482 e. The Balaban J connectivity index is 2.24. The Morgan fingerprint density at radius 1 is 1.31 bits per heavy atom. The summed E-state index contributed by atoms with van der Waals surface area (Å²) in [6, 6.07) is 7.40. The Kier molecular flexibility index (Phi) is 2.08. The lowest BCUT2D eigenvalue weighted by molar-refractivity contribution is 0.585. The first-order chi connectivity index (χ1) is 7.70. The number of aromatic nitrogens is 1. The first-order valence-electron chi connectivity index (χ1n) is 5.94. The van der Waals surface area contributed by atoms with Crippen molar-refractivity contribution in [3.05, 3.63) is 35.0 Å². The number of hydrogen-bond acceptors (Lipinski definition) is 1. The molecule has 0 fully saturated rings. The number of likely N-dealkylation sites (N-methyl/N-ethyl adjacent to an activating group) is 1. The van der Waals surface area contributed by atoms with Crippen LogP contribution in [0.1, 0.15) is 16.8 Å². The van der Waals surface area contributed by atoms with Crippen LogP contribution in [-0.4, -0.2) is 17.7 Å². The summed E-state index contributed by atoms with van der Waals surface area (Å²) in [5.41, 5.74) is 5.81. The second-order valence-corrected chi connectivity index (χ2v) is 4.90. The summed E-state index contributed by atoms with van der Waals surface area (Å²) in [6.07, 6.45) is 2.34. The Morgan fingerprint density at radius 2 is 2.12 bits per heavy atom. The average Bonchev–Trinajstić information content (AvgIpc) is 2.80. The van der Waals surface area contributed by atoms with Crippen molar-refractivity contribution in [1.29, 1.82) is 0 Å². The number of nitrogens with one attached hydrogen (secondary N) is 1. The third-order valence-electron chi connectivity index (χ3n) is 3.89. The minimum absolute atomic E-state index is 0.626. The molecule has 2 heteroatoms. The Labute approximate surface area is 96.3 Å². The topological polar surface area (TPSA) is 17.0 Å². The molecule has 0 bridgehead atoms. The fourth-order valence-corrected chi connectivity index (χ4v) is 2.93. The molecule has 0 aliphatic heterocycles. The van der Waals surface area contributed by atoms with E-state index in [9.17, 15) is 0 Å². The van der Waals surface area contributed by atoms with Crippen molar-refractivity contribution < 1.29 is 0 Å². The maximum Gasteiger partial charge on any atom is 0.0482 e. The summed E-state index contributed by atoms with van der Waals surface area (Å²) < 4.78 is 2.36. The quantitative estimate of drug-likeness (QED) is 0.770. The minimum atomic E-state index is 0.626. The second-order valence-electron chi connectivity index (χ2n) is 4.90. The van der Waals surface area contributed by atoms with Crippen LogP contribution in [0.2, 0.25) is 0 Å². The molecule has 2 aromatic rings. The van der Waals surface area contributed by atoms with E-state index in [-0.39, 0.29) is 0 Å². The molecule has 1 aliphatic rings. The summed E-state index contributed by atoms with van der Waals surface area (Å²) >= 11 is 0. The Hall–Kier alpha value is -1.28. The fraction of sp³-hybridized carbons (Fsp3) is 0.429. The lowest BCUT2D eigenvalue weighted by atomic mass is 10.1. The maximum absolute atomic E-state index is 3.39. The molecule has 1 aromatic heterocycles. The van der Waals surface area contributed by atoms with Gasteiger partial charge in [0.1, 0.15) is 0 Å². The van der Waals surface area contributed by atoms with Crippen molar-refractivity contribution in [3.63, 3.8) is 0 Å². The predicted octanol–water partition coefficient (Wildman–Crippen LogP) is 2.17. The van der Waals surface area contributed by atoms with Gasteiger partial charge < -0.3 is 9.88 Å². The number of aryl methyl sites for hydroxylation is 2. The highest BCUT2D eigenvalue weighted by molar-refractivity contribution is 5.87. The van der Waals surface area contributed by atoms with Gasteiger partial charge in [-0.05, 0) is 38.1 Å². The molecule has 0 saturated carbocycles. The van der Waals surface area contributed by atoms with Crippen LogP contribution in [0.4, 0.5) is 0 Å². The third kappa shape index (κ3) is 1.23. The highest BCUT2D eigenvalue weighted by Gasteiger charge is 2.26. The standard InChI is InChI=1S/C14H18N2/c1-9-4-5-13-11(6-9)12-7-10(15-2)8-14(12)16(13)3/h4-6,10,15H,7-8H2,1-3H3. The van der Waals surface area contributed by atoms with Crippen molar-refractivity contribution in [1.82, 2.24) is 9.88 Å². The number of rotatable bonds is 1. The number of nitrogens with zero attached hydrogens (tertiary/aromatic N) is 1. The Bertz CT molecular complexity index is 551. The molecule has 84 valence electrons. The molecule has 0 spiro atoms. The van der Waals surface area contributed by atoms with Crippen molar-refractivity contribution in [2.45, 2.75) is 25.8 Å². The van der Waals surface area contributed by atoms with E-state index in [1.54, 1.807) is 5.56 Å². The minimum Gasteiger partial charge on any atom is -0.347 e. The summed E-state index contributed by atoms with van der Waals surface area (Å²) in [6.45, 7) is 2.17. The first kappa shape index (κ1) is 9.91. The van der Waals surface area contributed by atoms with E-state index >= 15 is 0 Å². The van der Waals surface area contributed by atoms with Gasteiger partial charge in [-0.25, -0.2) is 0 Å². The monoisotopic (exact) mass is 214 g/mol.